The van der Waals surface area contributed by atoms with Crippen LogP contribution in [0.2, 0.25) is 10.0 Å². The van der Waals surface area contributed by atoms with Gasteiger partial charge in [0, 0.05) is 11.3 Å². The van der Waals surface area contributed by atoms with Gasteiger partial charge in [0.2, 0.25) is 0 Å². The van der Waals surface area contributed by atoms with Gasteiger partial charge in [-0.15, -0.1) is 0 Å². The second kappa shape index (κ2) is 10.4. The van der Waals surface area contributed by atoms with Crippen molar-refractivity contribution >= 4 is 46.9 Å². The van der Waals surface area contributed by atoms with Crippen LogP contribution in [-0.2, 0) is 4.79 Å². The second-order valence-electron chi connectivity index (χ2n) is 6.10. The van der Waals surface area contributed by atoms with Crippen molar-refractivity contribution in [2.75, 3.05) is 11.9 Å². The number of nitrogens with zero attached hydrogens (tertiary/aromatic N) is 1. The Hall–Kier alpha value is -3.35. The number of amides is 2. The molecule has 0 atom stereocenters. The van der Waals surface area contributed by atoms with Crippen LogP contribution in [0.4, 0.5) is 5.69 Å². The second-order valence-corrected chi connectivity index (χ2v) is 6.91. The zero-order chi connectivity index (χ0) is 21.3. The fourth-order valence-electron chi connectivity index (χ4n) is 2.39. The summed E-state index contributed by atoms with van der Waals surface area (Å²) in [5.74, 6) is -0.201. The van der Waals surface area contributed by atoms with E-state index in [-0.39, 0.29) is 18.4 Å². The number of benzene rings is 3. The van der Waals surface area contributed by atoms with Gasteiger partial charge >= 0.3 is 0 Å². The molecule has 0 aliphatic heterocycles. The molecule has 152 valence electrons. The van der Waals surface area contributed by atoms with E-state index >= 15 is 0 Å². The van der Waals surface area contributed by atoms with Gasteiger partial charge in [-0.3, -0.25) is 9.59 Å². The maximum Gasteiger partial charge on any atom is 0.271 e. The van der Waals surface area contributed by atoms with Crippen molar-refractivity contribution in [3.8, 4) is 5.75 Å². The number of hydrogen-bond acceptors (Lipinski definition) is 4. The first-order valence-electron chi connectivity index (χ1n) is 8.87. The maximum atomic E-state index is 12.2. The summed E-state index contributed by atoms with van der Waals surface area (Å²) in [4.78, 5) is 24.1. The van der Waals surface area contributed by atoms with Gasteiger partial charge in [0.1, 0.15) is 5.75 Å². The highest BCUT2D eigenvalue weighted by molar-refractivity contribution is 6.42. The number of rotatable bonds is 7. The fourth-order valence-corrected chi connectivity index (χ4v) is 2.70. The predicted molar refractivity (Wildman–Crippen MR) is 119 cm³/mol. The lowest BCUT2D eigenvalue weighted by molar-refractivity contribution is -0.118. The van der Waals surface area contributed by atoms with Crippen molar-refractivity contribution in [2.45, 2.75) is 0 Å². The number of nitrogens with one attached hydrogen (secondary N) is 2. The molecule has 0 unspecified atom stereocenters. The Balaban J connectivity index is 1.48. The quantitative estimate of drug-likeness (QED) is 0.409. The number of carbonyl (C=O) groups excluding carboxylic acids is 2. The van der Waals surface area contributed by atoms with Crippen LogP contribution in [0.5, 0.6) is 5.75 Å². The first kappa shape index (κ1) is 21.4. The van der Waals surface area contributed by atoms with Crippen molar-refractivity contribution in [3.05, 3.63) is 94.0 Å². The van der Waals surface area contributed by atoms with Gasteiger partial charge in [0.15, 0.2) is 6.61 Å². The zero-order valence-electron chi connectivity index (χ0n) is 15.6. The minimum Gasteiger partial charge on any atom is -0.484 e. The molecule has 3 aromatic rings. The van der Waals surface area contributed by atoms with Crippen molar-refractivity contribution < 1.29 is 14.3 Å². The molecular weight excluding hydrogens is 425 g/mol. The van der Waals surface area contributed by atoms with Gasteiger partial charge in [0.05, 0.1) is 16.3 Å². The lowest BCUT2D eigenvalue weighted by atomic mass is 10.2. The Morgan fingerprint density at radius 2 is 1.67 bits per heavy atom. The summed E-state index contributed by atoms with van der Waals surface area (Å²) >= 11 is 11.8. The highest BCUT2D eigenvalue weighted by atomic mass is 35.5. The Morgan fingerprint density at radius 1 is 0.933 bits per heavy atom. The third-order valence-electron chi connectivity index (χ3n) is 3.87. The van der Waals surface area contributed by atoms with Crippen LogP contribution in [-0.4, -0.2) is 24.6 Å². The van der Waals surface area contributed by atoms with Crippen LogP contribution in [0, 0.1) is 0 Å². The molecule has 0 radical (unpaired) electrons. The first-order chi connectivity index (χ1) is 14.5. The summed E-state index contributed by atoms with van der Waals surface area (Å²) in [7, 11) is 0. The number of carbonyl (C=O) groups is 2. The summed E-state index contributed by atoms with van der Waals surface area (Å²) in [6, 6.07) is 20.5. The molecule has 0 aliphatic carbocycles. The molecule has 30 heavy (non-hydrogen) atoms. The Kier molecular flexibility index (Phi) is 7.43. The molecule has 0 saturated carbocycles. The molecule has 3 aromatic carbocycles. The van der Waals surface area contributed by atoms with E-state index in [1.807, 2.05) is 18.2 Å². The molecule has 6 nitrogen and oxygen atoms in total. The molecule has 0 fully saturated rings. The summed E-state index contributed by atoms with van der Waals surface area (Å²) in [5, 5.41) is 7.47. The normalized spacial score (nSPS) is 10.6. The monoisotopic (exact) mass is 441 g/mol. The van der Waals surface area contributed by atoms with Crippen molar-refractivity contribution in [1.29, 1.82) is 0 Å². The average molecular weight is 442 g/mol. The van der Waals surface area contributed by atoms with Crippen molar-refractivity contribution in [3.63, 3.8) is 0 Å². The van der Waals surface area contributed by atoms with Gasteiger partial charge in [-0.2, -0.15) is 5.10 Å². The van der Waals surface area contributed by atoms with Gasteiger partial charge < -0.3 is 10.1 Å². The van der Waals surface area contributed by atoms with Crippen LogP contribution in [0.1, 0.15) is 15.9 Å². The standard InChI is InChI=1S/C22H17Cl2N3O3/c23-19-11-6-15(12-20(19)24)13-25-27-22(29)16-7-9-18(10-8-16)30-14-21(28)26-17-4-2-1-3-5-17/h1-13H,14H2,(H,26,28)(H,27,29)/b25-13-. The van der Waals surface area contributed by atoms with E-state index in [1.54, 1.807) is 54.6 Å². The van der Waals surface area contributed by atoms with Crippen LogP contribution in [0.15, 0.2) is 77.9 Å². The predicted octanol–water partition coefficient (Wildman–Crippen LogP) is 4.77. The highest BCUT2D eigenvalue weighted by Crippen LogP contribution is 2.21. The average Bonchev–Trinajstić information content (AvgIpc) is 2.76. The minimum atomic E-state index is -0.389. The summed E-state index contributed by atoms with van der Waals surface area (Å²) in [5.41, 5.74) is 4.21. The minimum absolute atomic E-state index is 0.144. The van der Waals surface area contributed by atoms with Gasteiger partial charge in [-0.05, 0) is 54.1 Å². The smallest absolute Gasteiger partial charge is 0.271 e. The summed E-state index contributed by atoms with van der Waals surface area (Å²) in [6.45, 7) is -0.144. The molecule has 3 rings (SSSR count). The third kappa shape index (κ3) is 6.34. The van der Waals surface area contributed by atoms with E-state index < -0.39 is 0 Å². The molecule has 2 N–H and O–H groups in total. The molecule has 8 heteroatoms. The van der Waals surface area contributed by atoms with E-state index in [2.05, 4.69) is 15.8 Å². The van der Waals surface area contributed by atoms with E-state index in [0.717, 1.165) is 0 Å². The summed E-state index contributed by atoms with van der Waals surface area (Å²) in [6.07, 6.45) is 1.46. The van der Waals surface area contributed by atoms with Crippen molar-refractivity contribution in [1.82, 2.24) is 5.43 Å². The largest absolute Gasteiger partial charge is 0.484 e. The Morgan fingerprint density at radius 3 is 2.37 bits per heavy atom. The number of ether oxygens (including phenoxy) is 1. The SMILES string of the molecule is O=C(COc1ccc(C(=O)N/N=C\c2ccc(Cl)c(Cl)c2)cc1)Nc1ccccc1. The van der Waals surface area contributed by atoms with Gasteiger partial charge in [0.25, 0.3) is 11.8 Å². The molecular formula is C22H17Cl2N3O3. The lowest BCUT2D eigenvalue weighted by Gasteiger charge is -2.08. The highest BCUT2D eigenvalue weighted by Gasteiger charge is 2.07. The Bertz CT molecular complexity index is 1050. The van der Waals surface area contributed by atoms with Crippen LogP contribution in [0.3, 0.4) is 0 Å². The van der Waals surface area contributed by atoms with Crippen LogP contribution < -0.4 is 15.5 Å². The third-order valence-corrected chi connectivity index (χ3v) is 4.61. The van der Waals surface area contributed by atoms with E-state index in [4.69, 9.17) is 27.9 Å². The zero-order valence-corrected chi connectivity index (χ0v) is 17.2. The van der Waals surface area contributed by atoms with Gasteiger partial charge in [-0.25, -0.2) is 5.43 Å². The number of hydrogen-bond donors (Lipinski definition) is 2. The molecule has 0 aliphatic rings. The molecule has 0 heterocycles. The topological polar surface area (TPSA) is 79.8 Å². The first-order valence-corrected chi connectivity index (χ1v) is 9.63. The molecule has 2 amide bonds. The Labute approximate surface area is 183 Å². The van der Waals surface area contributed by atoms with Gasteiger partial charge in [-0.1, -0.05) is 47.5 Å². The lowest BCUT2D eigenvalue weighted by Crippen LogP contribution is -2.20. The maximum absolute atomic E-state index is 12.2. The fraction of sp³-hybridized carbons (Fsp3) is 0.0455. The number of anilines is 1. The molecule has 0 aromatic heterocycles. The van der Waals surface area contributed by atoms with E-state index in [9.17, 15) is 9.59 Å². The van der Waals surface area contributed by atoms with E-state index in [1.165, 1.54) is 6.21 Å². The molecule has 0 bridgehead atoms. The van der Waals surface area contributed by atoms with Crippen LogP contribution >= 0.6 is 23.2 Å². The molecule has 0 spiro atoms. The number of para-hydroxylation sites is 1. The summed E-state index contributed by atoms with van der Waals surface area (Å²) < 4.78 is 5.44. The van der Waals surface area contributed by atoms with E-state index in [0.29, 0.717) is 32.6 Å². The van der Waals surface area contributed by atoms with Crippen molar-refractivity contribution in [2.24, 2.45) is 5.10 Å². The number of hydrazone groups is 1. The van der Waals surface area contributed by atoms with Crippen LogP contribution in [0.25, 0.3) is 0 Å². The molecule has 0 saturated heterocycles. The number of halogens is 2.